The van der Waals surface area contributed by atoms with E-state index < -0.39 is 10.0 Å². The molecule has 11 heteroatoms. The minimum absolute atomic E-state index is 0.0236. The van der Waals surface area contributed by atoms with Gasteiger partial charge in [0.1, 0.15) is 4.21 Å². The fraction of sp³-hybridized carbons (Fsp3) is 0.560. The number of hydrogen-bond acceptors (Lipinski definition) is 9. The molecule has 8 nitrogen and oxygen atoms in total. The van der Waals surface area contributed by atoms with Gasteiger partial charge in [-0.25, -0.2) is 8.42 Å². The number of thiophene rings is 1. The molecule has 36 heavy (non-hydrogen) atoms. The third-order valence-corrected chi connectivity index (χ3v) is 12.0. The van der Waals surface area contributed by atoms with Crippen molar-refractivity contribution in [2.45, 2.75) is 47.0 Å². The van der Waals surface area contributed by atoms with Crippen LogP contribution >= 0.6 is 23.1 Å². The van der Waals surface area contributed by atoms with Crippen LogP contribution in [0, 0.1) is 0 Å². The number of thioether (sulfide) groups is 1. The van der Waals surface area contributed by atoms with Crippen LogP contribution in [-0.2, 0) is 25.9 Å². The Labute approximate surface area is 221 Å². The SMILES string of the molecule is CN(c1cccc2c1NC(C1=NCC(C)(CN3CCC4(CC3)OCCO4)S1)C2)S(=O)(=O)c1cccs1. The van der Waals surface area contributed by atoms with Crippen molar-refractivity contribution in [3.05, 3.63) is 41.3 Å². The predicted molar refractivity (Wildman–Crippen MR) is 146 cm³/mol. The number of nitrogens with one attached hydrogen (secondary N) is 1. The lowest BCUT2D eigenvalue weighted by Gasteiger charge is -2.40. The molecule has 6 rings (SSSR count). The third kappa shape index (κ3) is 4.48. The molecule has 1 aromatic carbocycles. The Morgan fingerprint density at radius 1 is 1.19 bits per heavy atom. The molecule has 5 heterocycles. The maximum absolute atomic E-state index is 13.1. The monoisotopic (exact) mass is 548 g/mol. The summed E-state index contributed by atoms with van der Waals surface area (Å²) in [6.45, 7) is 7.44. The van der Waals surface area contributed by atoms with Crippen LogP contribution in [0.5, 0.6) is 0 Å². The average molecular weight is 549 g/mol. The summed E-state index contributed by atoms with van der Waals surface area (Å²) in [4.78, 5) is 7.48. The Balaban J connectivity index is 1.11. The van der Waals surface area contributed by atoms with Crippen LogP contribution in [0.3, 0.4) is 0 Å². The first-order valence-corrected chi connectivity index (χ1v) is 15.6. The second kappa shape index (κ2) is 9.28. The van der Waals surface area contributed by atoms with Crippen LogP contribution in [0.4, 0.5) is 11.4 Å². The summed E-state index contributed by atoms with van der Waals surface area (Å²) < 4.78 is 39.8. The van der Waals surface area contributed by atoms with E-state index >= 15 is 0 Å². The Bertz CT molecular complexity index is 1250. The number of piperidine rings is 1. The number of aliphatic imine (C=N–C) groups is 1. The average Bonchev–Trinajstić information content (AvgIpc) is 3.67. The van der Waals surface area contributed by atoms with Gasteiger partial charge in [-0.3, -0.25) is 9.30 Å². The molecule has 1 spiro atoms. The van der Waals surface area contributed by atoms with Gasteiger partial charge in [-0.15, -0.1) is 11.3 Å². The zero-order chi connectivity index (χ0) is 25.0. The number of benzene rings is 1. The minimum atomic E-state index is -3.60. The first kappa shape index (κ1) is 24.7. The molecule has 2 unspecified atom stereocenters. The summed E-state index contributed by atoms with van der Waals surface area (Å²) >= 11 is 3.11. The van der Waals surface area contributed by atoms with E-state index in [4.69, 9.17) is 14.5 Å². The van der Waals surface area contributed by atoms with Crippen LogP contribution < -0.4 is 9.62 Å². The Morgan fingerprint density at radius 3 is 2.69 bits per heavy atom. The summed E-state index contributed by atoms with van der Waals surface area (Å²) in [6.07, 6.45) is 2.65. The van der Waals surface area contributed by atoms with Crippen molar-refractivity contribution in [3.8, 4) is 0 Å². The van der Waals surface area contributed by atoms with E-state index in [0.29, 0.717) is 23.1 Å². The van der Waals surface area contributed by atoms with Crippen LogP contribution in [0.25, 0.3) is 0 Å². The quantitative estimate of drug-likeness (QED) is 0.590. The summed E-state index contributed by atoms with van der Waals surface area (Å²) in [5.41, 5.74) is 2.69. The highest BCUT2D eigenvalue weighted by atomic mass is 32.2. The van der Waals surface area contributed by atoms with Crippen molar-refractivity contribution in [2.24, 2.45) is 4.99 Å². The molecule has 194 valence electrons. The fourth-order valence-electron chi connectivity index (χ4n) is 5.59. The zero-order valence-electron chi connectivity index (χ0n) is 20.6. The van der Waals surface area contributed by atoms with E-state index in [0.717, 1.165) is 61.7 Å². The van der Waals surface area contributed by atoms with Gasteiger partial charge in [0.2, 0.25) is 0 Å². The van der Waals surface area contributed by atoms with Gasteiger partial charge >= 0.3 is 0 Å². The van der Waals surface area contributed by atoms with E-state index in [1.807, 2.05) is 23.9 Å². The van der Waals surface area contributed by atoms with Crippen molar-refractivity contribution in [2.75, 3.05) is 56.1 Å². The molecule has 1 aromatic heterocycles. The van der Waals surface area contributed by atoms with Crippen LogP contribution in [-0.4, -0.2) is 81.4 Å². The molecule has 2 fully saturated rings. The molecular weight excluding hydrogens is 517 g/mol. The number of likely N-dealkylation sites (tertiary alicyclic amines) is 1. The molecule has 0 aliphatic carbocycles. The molecule has 2 saturated heterocycles. The normalized spacial score (nSPS) is 27.7. The predicted octanol–water partition coefficient (Wildman–Crippen LogP) is 3.65. The first-order chi connectivity index (χ1) is 17.3. The van der Waals surface area contributed by atoms with E-state index in [1.54, 1.807) is 24.6 Å². The highest BCUT2D eigenvalue weighted by molar-refractivity contribution is 8.15. The number of hydrogen-bond donors (Lipinski definition) is 1. The summed E-state index contributed by atoms with van der Waals surface area (Å²) in [5.74, 6) is -0.344. The lowest BCUT2D eigenvalue weighted by Crippen LogP contribution is -2.49. The number of anilines is 2. The Hall–Kier alpha value is -1.63. The number of nitrogens with zero attached hydrogens (tertiary/aromatic N) is 3. The summed E-state index contributed by atoms with van der Waals surface area (Å²) in [5, 5.41) is 6.51. The van der Waals surface area contributed by atoms with E-state index in [2.05, 4.69) is 23.2 Å². The van der Waals surface area contributed by atoms with Crippen molar-refractivity contribution in [1.29, 1.82) is 0 Å². The van der Waals surface area contributed by atoms with Crippen molar-refractivity contribution < 1.29 is 17.9 Å². The molecule has 4 aliphatic heterocycles. The van der Waals surface area contributed by atoms with Crippen molar-refractivity contribution >= 4 is 49.5 Å². The number of ether oxygens (including phenoxy) is 2. The van der Waals surface area contributed by atoms with Gasteiger partial charge in [-0.1, -0.05) is 30.0 Å². The molecule has 2 aromatic rings. The first-order valence-electron chi connectivity index (χ1n) is 12.4. The highest BCUT2D eigenvalue weighted by Gasteiger charge is 2.43. The second-order valence-electron chi connectivity index (χ2n) is 10.2. The minimum Gasteiger partial charge on any atom is -0.374 e. The molecular formula is C25H32N4O4S3. The van der Waals surface area contributed by atoms with Gasteiger partial charge < -0.3 is 19.7 Å². The van der Waals surface area contributed by atoms with Gasteiger partial charge in [0.15, 0.2) is 5.79 Å². The second-order valence-corrected chi connectivity index (χ2v) is 15.0. The zero-order valence-corrected chi connectivity index (χ0v) is 23.1. The molecule has 4 aliphatic rings. The lowest BCUT2D eigenvalue weighted by molar-refractivity contribution is -0.185. The van der Waals surface area contributed by atoms with Crippen LogP contribution in [0.2, 0.25) is 0 Å². The van der Waals surface area contributed by atoms with Crippen LogP contribution in [0.15, 0.2) is 44.9 Å². The number of sulfonamides is 1. The van der Waals surface area contributed by atoms with Gasteiger partial charge in [0.25, 0.3) is 10.0 Å². The Morgan fingerprint density at radius 2 is 1.97 bits per heavy atom. The standard InChI is InChI=1S/C25H32N4O4S3/c1-24(17-29-10-8-25(9-11-29)32-12-13-33-25)16-26-23(35-24)19-15-18-5-3-6-20(22(18)27-19)28(2)36(30,31)21-7-4-14-34-21/h3-7,14,19,27H,8-13,15-17H2,1-2H3. The number of fused-ring (bicyclic) bond motifs is 1. The third-order valence-electron chi connectivity index (χ3n) is 7.53. The van der Waals surface area contributed by atoms with E-state index in [1.165, 1.54) is 15.6 Å². The summed E-state index contributed by atoms with van der Waals surface area (Å²) in [7, 11) is -1.97. The highest BCUT2D eigenvalue weighted by Crippen LogP contribution is 2.43. The van der Waals surface area contributed by atoms with Crippen molar-refractivity contribution in [1.82, 2.24) is 4.90 Å². The molecule has 0 saturated carbocycles. The van der Waals surface area contributed by atoms with E-state index in [9.17, 15) is 8.42 Å². The van der Waals surface area contributed by atoms with E-state index in [-0.39, 0.29) is 16.6 Å². The molecule has 0 radical (unpaired) electrons. The molecule has 0 bridgehead atoms. The molecule has 2 atom stereocenters. The number of rotatable bonds is 6. The topological polar surface area (TPSA) is 83.5 Å². The smallest absolute Gasteiger partial charge is 0.273 e. The largest absolute Gasteiger partial charge is 0.374 e. The van der Waals surface area contributed by atoms with Gasteiger partial charge in [0, 0.05) is 45.9 Å². The Kier molecular flexibility index (Phi) is 6.37. The van der Waals surface area contributed by atoms with Crippen LogP contribution in [0.1, 0.15) is 25.3 Å². The summed E-state index contributed by atoms with van der Waals surface area (Å²) in [6, 6.07) is 9.36. The maximum atomic E-state index is 13.1. The van der Waals surface area contributed by atoms with Gasteiger partial charge in [-0.05, 0) is 30.0 Å². The lowest BCUT2D eigenvalue weighted by atomic mass is 10.0. The molecule has 1 N–H and O–H groups in total. The fourth-order valence-corrected chi connectivity index (χ4v) is 9.25. The van der Waals surface area contributed by atoms with Gasteiger partial charge in [-0.2, -0.15) is 0 Å². The molecule has 0 amide bonds. The number of para-hydroxylation sites is 1. The maximum Gasteiger partial charge on any atom is 0.273 e. The van der Waals surface area contributed by atoms with Gasteiger partial charge in [0.05, 0.1) is 47.0 Å². The van der Waals surface area contributed by atoms with Crippen molar-refractivity contribution in [3.63, 3.8) is 0 Å².